The molecule has 0 spiro atoms. The van der Waals surface area contributed by atoms with Crippen LogP contribution in [0.25, 0.3) is 0 Å². The molecule has 2 aliphatic carbocycles. The summed E-state index contributed by atoms with van der Waals surface area (Å²) in [6.07, 6.45) is 20.7. The van der Waals surface area contributed by atoms with E-state index in [1.54, 1.807) is 5.57 Å². The molecule has 1 saturated carbocycles. The molecule has 0 amide bonds. The van der Waals surface area contributed by atoms with Gasteiger partial charge in [0.05, 0.1) is 0 Å². The van der Waals surface area contributed by atoms with Crippen molar-refractivity contribution in [3.05, 3.63) is 34.4 Å². The SMILES string of the molecule is CCCCC1=C(C)CC=C(C(=S)CCCCCC2CCC2)C(C)=C1. The maximum atomic E-state index is 5.78. The zero-order chi connectivity index (χ0) is 17.4. The predicted octanol–water partition coefficient (Wildman–Crippen LogP) is 7.89. The van der Waals surface area contributed by atoms with Crippen LogP contribution in [0.3, 0.4) is 0 Å². The Hall–Kier alpha value is -0.690. The van der Waals surface area contributed by atoms with Gasteiger partial charge >= 0.3 is 0 Å². The first-order valence-corrected chi connectivity index (χ1v) is 10.6. The van der Waals surface area contributed by atoms with Gasteiger partial charge in [-0.2, -0.15) is 0 Å². The van der Waals surface area contributed by atoms with Gasteiger partial charge in [0.15, 0.2) is 0 Å². The average molecular weight is 345 g/mol. The van der Waals surface area contributed by atoms with E-state index >= 15 is 0 Å². The zero-order valence-corrected chi connectivity index (χ0v) is 16.9. The molecule has 0 aromatic carbocycles. The van der Waals surface area contributed by atoms with Crippen LogP contribution >= 0.6 is 12.2 Å². The van der Waals surface area contributed by atoms with Crippen molar-refractivity contribution in [3.63, 3.8) is 0 Å². The third kappa shape index (κ3) is 5.99. The molecule has 1 heteroatoms. The molecule has 24 heavy (non-hydrogen) atoms. The van der Waals surface area contributed by atoms with E-state index in [4.69, 9.17) is 12.2 Å². The second-order valence-corrected chi connectivity index (χ2v) is 8.37. The number of thiocarbonyl (C=S) groups is 1. The van der Waals surface area contributed by atoms with Gasteiger partial charge < -0.3 is 0 Å². The van der Waals surface area contributed by atoms with E-state index in [-0.39, 0.29) is 0 Å². The maximum absolute atomic E-state index is 5.78. The van der Waals surface area contributed by atoms with Crippen LogP contribution in [0.4, 0.5) is 0 Å². The van der Waals surface area contributed by atoms with E-state index in [1.807, 2.05) is 0 Å². The number of hydrogen-bond donors (Lipinski definition) is 0. The average Bonchev–Trinajstić information content (AvgIpc) is 2.65. The highest BCUT2D eigenvalue weighted by atomic mass is 32.1. The van der Waals surface area contributed by atoms with Crippen molar-refractivity contribution in [1.29, 1.82) is 0 Å². The maximum Gasteiger partial charge on any atom is 0.0224 e. The van der Waals surface area contributed by atoms with Crippen molar-refractivity contribution in [2.24, 2.45) is 5.92 Å². The number of hydrogen-bond acceptors (Lipinski definition) is 1. The van der Waals surface area contributed by atoms with Gasteiger partial charge in [-0.15, -0.1) is 0 Å². The first kappa shape index (κ1) is 19.6. The lowest BCUT2D eigenvalue weighted by molar-refractivity contribution is 0.287. The van der Waals surface area contributed by atoms with E-state index in [9.17, 15) is 0 Å². The largest absolute Gasteiger partial charge is 0.0843 e. The van der Waals surface area contributed by atoms with Crippen molar-refractivity contribution >= 4 is 17.1 Å². The van der Waals surface area contributed by atoms with Crippen molar-refractivity contribution in [1.82, 2.24) is 0 Å². The van der Waals surface area contributed by atoms with E-state index in [0.717, 1.165) is 18.8 Å². The minimum absolute atomic E-state index is 1.06. The standard InChI is InChI=1S/C23H36S/c1-4-5-13-21-17-19(3)22(16-15-18(21)2)23(24)14-8-6-7-10-20-11-9-12-20/h16-17,20H,4-15H2,1-3H3. The van der Waals surface area contributed by atoms with E-state index in [1.165, 1.54) is 85.8 Å². The van der Waals surface area contributed by atoms with Crippen LogP contribution in [0.2, 0.25) is 0 Å². The van der Waals surface area contributed by atoms with Gasteiger partial charge in [0.2, 0.25) is 0 Å². The molecule has 0 radical (unpaired) electrons. The molecule has 2 aliphatic rings. The summed E-state index contributed by atoms with van der Waals surface area (Å²) in [5.41, 5.74) is 5.82. The van der Waals surface area contributed by atoms with Gasteiger partial charge in [-0.1, -0.05) is 81.8 Å². The fourth-order valence-corrected chi connectivity index (χ4v) is 4.20. The molecule has 0 bridgehead atoms. The van der Waals surface area contributed by atoms with Crippen molar-refractivity contribution in [2.75, 3.05) is 0 Å². The molecule has 2 rings (SSSR count). The van der Waals surface area contributed by atoms with Gasteiger partial charge in [0.25, 0.3) is 0 Å². The summed E-state index contributed by atoms with van der Waals surface area (Å²) in [4.78, 5) is 1.19. The van der Waals surface area contributed by atoms with Crippen LogP contribution in [0, 0.1) is 5.92 Å². The third-order valence-electron chi connectivity index (χ3n) is 5.82. The second-order valence-electron chi connectivity index (χ2n) is 7.88. The summed E-state index contributed by atoms with van der Waals surface area (Å²) in [5, 5.41) is 0. The zero-order valence-electron chi connectivity index (χ0n) is 16.1. The Morgan fingerprint density at radius 1 is 1.12 bits per heavy atom. The molecule has 0 aromatic rings. The Balaban J connectivity index is 1.78. The Labute approximate surface area is 155 Å². The minimum Gasteiger partial charge on any atom is -0.0843 e. The molecule has 0 N–H and O–H groups in total. The van der Waals surface area contributed by atoms with E-state index in [0.29, 0.717) is 0 Å². The number of allylic oxidation sites excluding steroid dienone is 6. The smallest absolute Gasteiger partial charge is 0.0224 e. The van der Waals surface area contributed by atoms with Gasteiger partial charge in [0.1, 0.15) is 0 Å². The first-order chi connectivity index (χ1) is 11.6. The Kier molecular flexibility index (Phi) is 8.45. The van der Waals surface area contributed by atoms with Crippen molar-refractivity contribution < 1.29 is 0 Å². The fourth-order valence-electron chi connectivity index (χ4n) is 3.81. The van der Waals surface area contributed by atoms with Crippen molar-refractivity contribution in [2.45, 2.75) is 97.8 Å². The summed E-state index contributed by atoms with van der Waals surface area (Å²) < 4.78 is 0. The number of unbranched alkanes of at least 4 members (excludes halogenated alkanes) is 3. The Morgan fingerprint density at radius 2 is 1.92 bits per heavy atom. The molecular formula is C23H36S. The van der Waals surface area contributed by atoms with Gasteiger partial charge in [-0.25, -0.2) is 0 Å². The highest BCUT2D eigenvalue weighted by Gasteiger charge is 2.16. The Morgan fingerprint density at radius 3 is 2.58 bits per heavy atom. The summed E-state index contributed by atoms with van der Waals surface area (Å²) in [7, 11) is 0. The van der Waals surface area contributed by atoms with Gasteiger partial charge in [0, 0.05) is 4.86 Å². The van der Waals surface area contributed by atoms with Crippen LogP contribution in [0.1, 0.15) is 97.8 Å². The Bertz CT molecular complexity index is 514. The highest BCUT2D eigenvalue weighted by molar-refractivity contribution is 7.80. The monoisotopic (exact) mass is 344 g/mol. The van der Waals surface area contributed by atoms with Crippen LogP contribution in [-0.4, -0.2) is 4.86 Å². The molecule has 0 unspecified atom stereocenters. The fraction of sp³-hybridized carbons (Fsp3) is 0.696. The highest BCUT2D eigenvalue weighted by Crippen LogP contribution is 2.31. The molecule has 0 aromatic heterocycles. The molecule has 1 fully saturated rings. The summed E-state index contributed by atoms with van der Waals surface area (Å²) in [6, 6.07) is 0. The third-order valence-corrected chi connectivity index (χ3v) is 6.24. The second kappa shape index (κ2) is 10.3. The van der Waals surface area contributed by atoms with Crippen LogP contribution in [-0.2, 0) is 0 Å². The summed E-state index contributed by atoms with van der Waals surface area (Å²) in [6.45, 7) is 6.81. The van der Waals surface area contributed by atoms with Crippen LogP contribution < -0.4 is 0 Å². The van der Waals surface area contributed by atoms with Crippen molar-refractivity contribution in [3.8, 4) is 0 Å². The summed E-state index contributed by atoms with van der Waals surface area (Å²) in [5.74, 6) is 1.06. The number of rotatable bonds is 10. The van der Waals surface area contributed by atoms with E-state index in [2.05, 4.69) is 32.9 Å². The lowest BCUT2D eigenvalue weighted by Gasteiger charge is -2.25. The molecule has 0 atom stereocenters. The topological polar surface area (TPSA) is 0 Å². The molecule has 0 saturated heterocycles. The molecular weight excluding hydrogens is 308 g/mol. The minimum atomic E-state index is 1.06. The first-order valence-electron chi connectivity index (χ1n) is 10.2. The lowest BCUT2D eigenvalue weighted by atomic mass is 9.81. The molecule has 0 heterocycles. The van der Waals surface area contributed by atoms with Crippen LogP contribution in [0.5, 0.6) is 0 Å². The quantitative estimate of drug-likeness (QED) is 0.287. The van der Waals surface area contributed by atoms with E-state index < -0.39 is 0 Å². The molecule has 0 nitrogen and oxygen atoms in total. The molecule has 0 aliphatic heterocycles. The molecule has 134 valence electrons. The lowest BCUT2D eigenvalue weighted by Crippen LogP contribution is -2.10. The summed E-state index contributed by atoms with van der Waals surface area (Å²) >= 11 is 5.78. The van der Waals surface area contributed by atoms with Gasteiger partial charge in [-0.05, 0) is 68.6 Å². The van der Waals surface area contributed by atoms with Crippen LogP contribution in [0.15, 0.2) is 34.4 Å². The van der Waals surface area contributed by atoms with Gasteiger partial charge in [-0.3, -0.25) is 0 Å². The predicted molar refractivity (Wildman–Crippen MR) is 112 cm³/mol. The normalized spacial score (nSPS) is 18.8.